The van der Waals surface area contributed by atoms with Gasteiger partial charge in [-0.15, -0.1) is 6.58 Å². The molecule has 0 N–H and O–H groups in total. The minimum absolute atomic E-state index is 0.138. The van der Waals surface area contributed by atoms with Gasteiger partial charge in [0.25, 0.3) is 5.91 Å². The highest BCUT2D eigenvalue weighted by Gasteiger charge is 2.23. The van der Waals surface area contributed by atoms with Crippen LogP contribution in [0.3, 0.4) is 0 Å². The van der Waals surface area contributed by atoms with Crippen LogP contribution >= 0.6 is 0 Å². The largest absolute Gasteiger partial charge is 0.369 e. The molecule has 1 amide bonds. The van der Waals surface area contributed by atoms with Gasteiger partial charge in [0.05, 0.1) is 0 Å². The second-order valence-electron chi connectivity index (χ2n) is 11.5. The van der Waals surface area contributed by atoms with Gasteiger partial charge in [-0.05, 0) is 61.1 Å². The van der Waals surface area contributed by atoms with E-state index in [4.69, 9.17) is 0 Å². The molecule has 1 aliphatic heterocycles. The molecule has 210 valence electrons. The molecule has 3 aromatic rings. The van der Waals surface area contributed by atoms with Crippen molar-refractivity contribution < 1.29 is 4.79 Å². The predicted octanol–water partition coefficient (Wildman–Crippen LogP) is 7.24. The van der Waals surface area contributed by atoms with Gasteiger partial charge in [-0.2, -0.15) is 0 Å². The van der Waals surface area contributed by atoms with Crippen molar-refractivity contribution in [2.24, 2.45) is 5.92 Å². The fraction of sp³-hybridized carbons (Fsp3) is 0.417. The summed E-state index contributed by atoms with van der Waals surface area (Å²) in [6, 6.07) is 30.1. The minimum atomic E-state index is 0.138. The van der Waals surface area contributed by atoms with Crippen LogP contribution in [0, 0.1) is 5.92 Å². The van der Waals surface area contributed by atoms with Crippen molar-refractivity contribution in [1.29, 1.82) is 0 Å². The molecule has 4 nitrogen and oxygen atoms in total. The number of anilines is 1. The Morgan fingerprint density at radius 1 is 0.850 bits per heavy atom. The van der Waals surface area contributed by atoms with Crippen molar-refractivity contribution >= 4 is 11.6 Å². The molecule has 1 saturated carbocycles. The van der Waals surface area contributed by atoms with Crippen molar-refractivity contribution in [3.63, 3.8) is 0 Å². The van der Waals surface area contributed by atoms with E-state index in [1.807, 2.05) is 23.1 Å². The molecule has 0 bridgehead atoms. The molecular formula is C36H45N3O. The highest BCUT2D eigenvalue weighted by molar-refractivity contribution is 5.95. The lowest BCUT2D eigenvalue weighted by atomic mass is 9.88. The lowest BCUT2D eigenvalue weighted by Crippen LogP contribution is -2.47. The second-order valence-corrected chi connectivity index (χ2v) is 11.5. The Morgan fingerprint density at radius 3 is 2.12 bits per heavy atom. The van der Waals surface area contributed by atoms with E-state index in [1.54, 1.807) is 0 Å². The van der Waals surface area contributed by atoms with Crippen LogP contribution in [-0.4, -0.2) is 61.5 Å². The Labute approximate surface area is 241 Å². The van der Waals surface area contributed by atoms with Gasteiger partial charge in [-0.3, -0.25) is 9.69 Å². The Morgan fingerprint density at radius 2 is 1.50 bits per heavy atom. The van der Waals surface area contributed by atoms with Crippen LogP contribution in [0.15, 0.2) is 97.6 Å². The zero-order valence-corrected chi connectivity index (χ0v) is 24.0. The summed E-state index contributed by atoms with van der Waals surface area (Å²) in [6.07, 6.45) is 9.37. The molecule has 0 radical (unpaired) electrons. The summed E-state index contributed by atoms with van der Waals surface area (Å²) < 4.78 is 0. The van der Waals surface area contributed by atoms with Crippen LogP contribution in [0.4, 0.5) is 5.69 Å². The summed E-state index contributed by atoms with van der Waals surface area (Å²) in [6.45, 7) is 10.5. The van der Waals surface area contributed by atoms with Crippen LogP contribution in [0.1, 0.15) is 65.9 Å². The van der Waals surface area contributed by atoms with Crippen molar-refractivity contribution in [3.05, 3.63) is 114 Å². The summed E-state index contributed by atoms with van der Waals surface area (Å²) in [4.78, 5) is 20.6. The number of hydrogen-bond acceptors (Lipinski definition) is 3. The quantitative estimate of drug-likeness (QED) is 0.242. The molecule has 1 heterocycles. The van der Waals surface area contributed by atoms with E-state index >= 15 is 0 Å². The van der Waals surface area contributed by atoms with Gasteiger partial charge in [0.2, 0.25) is 0 Å². The van der Waals surface area contributed by atoms with Gasteiger partial charge in [0.15, 0.2) is 0 Å². The number of carbonyl (C=O) groups excluding carboxylic acids is 1. The minimum Gasteiger partial charge on any atom is -0.369 e. The number of hydrogen-bond donors (Lipinski definition) is 0. The van der Waals surface area contributed by atoms with Crippen molar-refractivity contribution in [2.75, 3.05) is 50.7 Å². The first kappa shape index (κ1) is 28.2. The van der Waals surface area contributed by atoms with Crippen LogP contribution in [0.25, 0.3) is 0 Å². The number of nitrogens with zero attached hydrogens (tertiary/aromatic N) is 3. The Balaban J connectivity index is 1.17. The highest BCUT2D eigenvalue weighted by atomic mass is 16.2. The molecule has 5 rings (SSSR count). The Hall–Kier alpha value is -3.37. The Bertz CT molecular complexity index is 1160. The van der Waals surface area contributed by atoms with Crippen LogP contribution < -0.4 is 4.90 Å². The number of amides is 1. The average molecular weight is 536 g/mol. The first-order valence-electron chi connectivity index (χ1n) is 15.3. The predicted molar refractivity (Wildman–Crippen MR) is 167 cm³/mol. The van der Waals surface area contributed by atoms with E-state index < -0.39 is 0 Å². The fourth-order valence-corrected chi connectivity index (χ4v) is 6.53. The van der Waals surface area contributed by atoms with Gasteiger partial charge in [-0.25, -0.2) is 0 Å². The molecule has 0 atom stereocenters. The van der Waals surface area contributed by atoms with E-state index in [9.17, 15) is 4.79 Å². The van der Waals surface area contributed by atoms with Gasteiger partial charge in [0, 0.05) is 56.4 Å². The zero-order chi connectivity index (χ0) is 27.6. The van der Waals surface area contributed by atoms with Gasteiger partial charge >= 0.3 is 0 Å². The number of rotatable bonds is 11. The van der Waals surface area contributed by atoms with Crippen molar-refractivity contribution in [3.8, 4) is 0 Å². The lowest BCUT2D eigenvalue weighted by molar-refractivity contribution is 0.0735. The van der Waals surface area contributed by atoms with Gasteiger partial charge in [0.1, 0.15) is 0 Å². The Kier molecular flexibility index (Phi) is 10.1. The topological polar surface area (TPSA) is 26.8 Å². The number of benzene rings is 3. The third-order valence-corrected chi connectivity index (χ3v) is 8.81. The molecule has 4 heteroatoms. The smallest absolute Gasteiger partial charge is 0.254 e. The molecule has 2 fully saturated rings. The maximum absolute atomic E-state index is 13.5. The van der Waals surface area contributed by atoms with Crippen molar-refractivity contribution in [2.45, 2.75) is 44.4 Å². The molecule has 0 spiro atoms. The molecule has 2 aliphatic rings. The zero-order valence-electron chi connectivity index (χ0n) is 24.0. The monoisotopic (exact) mass is 535 g/mol. The standard InChI is InChI=1S/C36H45N3O/c1-2-22-39(29-30-13-6-3-7-14-30)36(40)33-19-12-20-34(28-33)38-26-24-37(25-27-38)23-21-35(31-15-8-4-9-16-31)32-17-10-5-11-18-32/h2,4-5,8-12,15-20,28,30,35H,1,3,6-7,13-14,21-27,29H2. The maximum atomic E-state index is 13.5. The normalized spacial score (nSPS) is 16.7. The lowest BCUT2D eigenvalue weighted by Gasteiger charge is -2.37. The second kappa shape index (κ2) is 14.3. The number of piperazine rings is 1. The molecule has 0 aromatic heterocycles. The average Bonchev–Trinajstić information content (AvgIpc) is 3.02. The first-order valence-corrected chi connectivity index (χ1v) is 15.3. The summed E-state index contributed by atoms with van der Waals surface area (Å²) in [5.74, 6) is 1.17. The van der Waals surface area contributed by atoms with E-state index in [0.29, 0.717) is 18.4 Å². The van der Waals surface area contributed by atoms with Gasteiger partial charge < -0.3 is 9.80 Å². The molecule has 1 aliphatic carbocycles. The van der Waals surface area contributed by atoms with Crippen LogP contribution in [0.5, 0.6) is 0 Å². The summed E-state index contributed by atoms with van der Waals surface area (Å²) in [5, 5.41) is 0. The molecule has 1 saturated heterocycles. The highest BCUT2D eigenvalue weighted by Crippen LogP contribution is 2.29. The molecule has 0 unspecified atom stereocenters. The van der Waals surface area contributed by atoms with Crippen molar-refractivity contribution in [1.82, 2.24) is 9.80 Å². The SMILES string of the molecule is C=CCN(CC1CCCCC1)C(=O)c1cccc(N2CCN(CCC(c3ccccc3)c3ccccc3)CC2)c1. The fourth-order valence-electron chi connectivity index (χ4n) is 6.53. The van der Waals surface area contributed by atoms with E-state index in [0.717, 1.165) is 56.9 Å². The van der Waals surface area contributed by atoms with E-state index in [-0.39, 0.29) is 5.91 Å². The first-order chi connectivity index (χ1) is 19.7. The number of carbonyl (C=O) groups is 1. The van der Waals surface area contributed by atoms with E-state index in [2.05, 4.69) is 89.2 Å². The summed E-state index contributed by atoms with van der Waals surface area (Å²) in [7, 11) is 0. The third-order valence-electron chi connectivity index (χ3n) is 8.81. The third kappa shape index (κ3) is 7.42. The van der Waals surface area contributed by atoms with Crippen LogP contribution in [-0.2, 0) is 0 Å². The summed E-state index contributed by atoms with van der Waals surface area (Å²) in [5.41, 5.74) is 4.74. The van der Waals surface area contributed by atoms with E-state index in [1.165, 1.54) is 43.2 Å². The molecule has 40 heavy (non-hydrogen) atoms. The van der Waals surface area contributed by atoms with Crippen LogP contribution in [0.2, 0.25) is 0 Å². The summed E-state index contributed by atoms with van der Waals surface area (Å²) >= 11 is 0. The molecular weight excluding hydrogens is 490 g/mol. The molecule has 3 aromatic carbocycles. The van der Waals surface area contributed by atoms with Gasteiger partial charge in [-0.1, -0.05) is 92.1 Å². The maximum Gasteiger partial charge on any atom is 0.254 e.